The van der Waals surface area contributed by atoms with Crippen molar-refractivity contribution in [2.24, 2.45) is 5.92 Å². The average Bonchev–Trinajstić information content (AvgIpc) is 2.31. The van der Waals surface area contributed by atoms with E-state index in [0.29, 0.717) is 11.5 Å². The zero-order valence-corrected chi connectivity index (χ0v) is 10.5. The second-order valence-electron chi connectivity index (χ2n) is 3.68. The van der Waals surface area contributed by atoms with Crippen molar-refractivity contribution in [1.82, 2.24) is 4.98 Å². The van der Waals surface area contributed by atoms with E-state index in [1.165, 1.54) is 6.07 Å². The van der Waals surface area contributed by atoms with Crippen LogP contribution >= 0.6 is 11.8 Å². The van der Waals surface area contributed by atoms with Gasteiger partial charge in [-0.05, 0) is 18.1 Å². The smallest absolute Gasteiger partial charge is 0.335 e. The van der Waals surface area contributed by atoms with Crippen LogP contribution in [0.25, 0.3) is 0 Å². The third-order valence-corrected chi connectivity index (χ3v) is 3.76. The molecule has 0 amide bonds. The predicted molar refractivity (Wildman–Crippen MR) is 66.0 cm³/mol. The molecule has 0 saturated carbocycles. The zero-order valence-electron chi connectivity index (χ0n) is 9.64. The average molecular weight is 239 g/mol. The van der Waals surface area contributed by atoms with Crippen LogP contribution in [0.1, 0.15) is 37.0 Å². The maximum absolute atomic E-state index is 10.8. The van der Waals surface area contributed by atoms with Gasteiger partial charge in [0.25, 0.3) is 0 Å². The lowest BCUT2D eigenvalue weighted by Gasteiger charge is -2.10. The molecule has 1 heterocycles. The molecule has 0 atom stereocenters. The van der Waals surface area contributed by atoms with Gasteiger partial charge in [-0.3, -0.25) is 0 Å². The number of hydrogen-bond acceptors (Lipinski definition) is 3. The first kappa shape index (κ1) is 13.0. The van der Waals surface area contributed by atoms with Crippen LogP contribution in [0.15, 0.2) is 23.4 Å². The lowest BCUT2D eigenvalue weighted by Crippen LogP contribution is -2.01. The van der Waals surface area contributed by atoms with Crippen molar-refractivity contribution in [1.29, 1.82) is 0 Å². The van der Waals surface area contributed by atoms with Crippen molar-refractivity contribution in [2.75, 3.05) is 5.75 Å². The molecule has 1 aromatic rings. The third kappa shape index (κ3) is 3.85. The maximum atomic E-state index is 10.8. The molecule has 4 heteroatoms. The fourth-order valence-corrected chi connectivity index (χ4v) is 2.57. The first-order valence-electron chi connectivity index (χ1n) is 5.49. The van der Waals surface area contributed by atoms with Crippen molar-refractivity contribution in [2.45, 2.75) is 31.7 Å². The summed E-state index contributed by atoms with van der Waals surface area (Å²) in [6.45, 7) is 4.35. The van der Waals surface area contributed by atoms with Crippen LogP contribution < -0.4 is 0 Å². The van der Waals surface area contributed by atoms with E-state index in [4.69, 9.17) is 5.11 Å². The number of pyridine rings is 1. The molecule has 0 spiro atoms. The number of hydrogen-bond donors (Lipinski definition) is 1. The number of aromatic nitrogens is 1. The molecule has 0 bridgehead atoms. The fraction of sp³-hybridized carbons (Fsp3) is 0.500. The summed E-state index contributed by atoms with van der Waals surface area (Å²) in [6, 6.07) is 3.15. The minimum Gasteiger partial charge on any atom is -0.478 e. The molecule has 0 radical (unpaired) electrons. The standard InChI is InChI=1S/C12H17NO2S/c1-3-9(4-2)8-16-11-7-10(12(14)15)5-6-13-11/h5-7,9H,3-4,8H2,1-2H3,(H,14,15). The Bertz CT molecular complexity index is 351. The Morgan fingerprint density at radius 3 is 2.75 bits per heavy atom. The second kappa shape index (κ2) is 6.53. The summed E-state index contributed by atoms with van der Waals surface area (Å²) >= 11 is 1.63. The molecule has 0 unspecified atom stereocenters. The molecule has 3 nitrogen and oxygen atoms in total. The highest BCUT2D eigenvalue weighted by atomic mass is 32.2. The summed E-state index contributed by atoms with van der Waals surface area (Å²) in [6.07, 6.45) is 3.86. The van der Waals surface area contributed by atoms with Crippen LogP contribution in [0, 0.1) is 5.92 Å². The van der Waals surface area contributed by atoms with Crippen molar-refractivity contribution in [3.8, 4) is 0 Å². The molecule has 16 heavy (non-hydrogen) atoms. The summed E-state index contributed by atoms with van der Waals surface area (Å²) in [7, 11) is 0. The zero-order chi connectivity index (χ0) is 12.0. The summed E-state index contributed by atoms with van der Waals surface area (Å²) in [4.78, 5) is 14.9. The van der Waals surface area contributed by atoms with E-state index >= 15 is 0 Å². The van der Waals surface area contributed by atoms with E-state index in [2.05, 4.69) is 18.8 Å². The molecule has 1 aromatic heterocycles. The minimum absolute atomic E-state index is 0.307. The van der Waals surface area contributed by atoms with Gasteiger partial charge in [0.05, 0.1) is 10.6 Å². The number of aromatic carboxylic acids is 1. The van der Waals surface area contributed by atoms with E-state index in [1.807, 2.05) is 0 Å². The highest BCUT2D eigenvalue weighted by Gasteiger charge is 2.07. The van der Waals surface area contributed by atoms with Crippen LogP contribution in [-0.2, 0) is 0 Å². The number of rotatable bonds is 6. The quantitative estimate of drug-likeness (QED) is 0.774. The molecule has 0 saturated heterocycles. The molecule has 1 rings (SSSR count). The second-order valence-corrected chi connectivity index (χ2v) is 4.72. The molecule has 0 aliphatic heterocycles. The van der Waals surface area contributed by atoms with Gasteiger partial charge >= 0.3 is 5.97 Å². The van der Waals surface area contributed by atoms with Crippen LogP contribution in [0.5, 0.6) is 0 Å². The lowest BCUT2D eigenvalue weighted by molar-refractivity contribution is 0.0696. The summed E-state index contributed by atoms with van der Waals surface area (Å²) < 4.78 is 0. The van der Waals surface area contributed by atoms with E-state index in [0.717, 1.165) is 23.6 Å². The molecule has 0 aliphatic rings. The van der Waals surface area contributed by atoms with Crippen LogP contribution in [0.2, 0.25) is 0 Å². The molecule has 0 aliphatic carbocycles. The van der Waals surface area contributed by atoms with E-state index in [1.54, 1.807) is 24.0 Å². The normalized spacial score (nSPS) is 10.7. The lowest BCUT2D eigenvalue weighted by atomic mass is 10.1. The molecule has 88 valence electrons. The van der Waals surface area contributed by atoms with Crippen LogP contribution in [-0.4, -0.2) is 21.8 Å². The molecule has 0 fully saturated rings. The topological polar surface area (TPSA) is 50.2 Å². The van der Waals surface area contributed by atoms with Gasteiger partial charge in [-0.15, -0.1) is 11.8 Å². The van der Waals surface area contributed by atoms with E-state index in [-0.39, 0.29) is 0 Å². The summed E-state index contributed by atoms with van der Waals surface area (Å²) in [5.74, 6) is 0.787. The highest BCUT2D eigenvalue weighted by Crippen LogP contribution is 2.22. The van der Waals surface area contributed by atoms with Crippen molar-refractivity contribution in [3.05, 3.63) is 23.9 Å². The Kier molecular flexibility index (Phi) is 5.32. The summed E-state index contributed by atoms with van der Waals surface area (Å²) in [5.41, 5.74) is 0.307. The molecule has 0 aromatic carbocycles. The monoisotopic (exact) mass is 239 g/mol. The van der Waals surface area contributed by atoms with Crippen LogP contribution in [0.4, 0.5) is 0 Å². The fourth-order valence-electron chi connectivity index (χ4n) is 1.35. The van der Waals surface area contributed by atoms with Gasteiger partial charge in [0.2, 0.25) is 0 Å². The first-order chi connectivity index (χ1) is 7.67. The number of carboxylic acids is 1. The Labute approximate surface area is 100 Å². The minimum atomic E-state index is -0.896. The van der Waals surface area contributed by atoms with E-state index < -0.39 is 5.97 Å². The number of carbonyl (C=O) groups is 1. The molecule has 1 N–H and O–H groups in total. The molecular weight excluding hydrogens is 222 g/mol. The number of thioether (sulfide) groups is 1. The van der Waals surface area contributed by atoms with Crippen molar-refractivity contribution < 1.29 is 9.90 Å². The number of carboxylic acid groups (broad SMARTS) is 1. The van der Waals surface area contributed by atoms with Crippen LogP contribution in [0.3, 0.4) is 0 Å². The predicted octanol–water partition coefficient (Wildman–Crippen LogP) is 3.31. The summed E-state index contributed by atoms with van der Waals surface area (Å²) in [5, 5.41) is 9.64. The van der Waals surface area contributed by atoms with E-state index in [9.17, 15) is 4.79 Å². The van der Waals surface area contributed by atoms with Gasteiger partial charge < -0.3 is 5.11 Å². The van der Waals surface area contributed by atoms with Crippen molar-refractivity contribution >= 4 is 17.7 Å². The number of nitrogens with zero attached hydrogens (tertiary/aromatic N) is 1. The Hall–Kier alpha value is -1.03. The third-order valence-electron chi connectivity index (χ3n) is 2.60. The highest BCUT2D eigenvalue weighted by molar-refractivity contribution is 7.99. The van der Waals surface area contributed by atoms with Gasteiger partial charge in [-0.25, -0.2) is 9.78 Å². The Morgan fingerprint density at radius 1 is 1.50 bits per heavy atom. The van der Waals surface area contributed by atoms with Gasteiger partial charge in [-0.2, -0.15) is 0 Å². The van der Waals surface area contributed by atoms with Gasteiger partial charge in [0.15, 0.2) is 0 Å². The van der Waals surface area contributed by atoms with Gasteiger partial charge in [0.1, 0.15) is 0 Å². The first-order valence-corrected chi connectivity index (χ1v) is 6.48. The molecular formula is C12H17NO2S. The SMILES string of the molecule is CCC(CC)CSc1cc(C(=O)O)ccn1. The van der Waals surface area contributed by atoms with Gasteiger partial charge in [0, 0.05) is 11.9 Å². The van der Waals surface area contributed by atoms with Gasteiger partial charge in [-0.1, -0.05) is 26.7 Å². The maximum Gasteiger partial charge on any atom is 0.335 e. The largest absolute Gasteiger partial charge is 0.478 e. The van der Waals surface area contributed by atoms with Crippen molar-refractivity contribution in [3.63, 3.8) is 0 Å². The Balaban J connectivity index is 2.60. The Morgan fingerprint density at radius 2 is 2.19 bits per heavy atom.